The summed E-state index contributed by atoms with van der Waals surface area (Å²) in [6, 6.07) is 16.7. The van der Waals surface area contributed by atoms with Crippen molar-refractivity contribution >= 4 is 35.0 Å². The van der Waals surface area contributed by atoms with Crippen LogP contribution in [0.4, 0.5) is 5.69 Å². The summed E-state index contributed by atoms with van der Waals surface area (Å²) >= 11 is 6.33. The lowest BCUT2D eigenvalue weighted by atomic mass is 10.1. The second-order valence-electron chi connectivity index (χ2n) is 6.18. The van der Waals surface area contributed by atoms with Gasteiger partial charge in [0.25, 0.3) is 17.7 Å². The Morgan fingerprint density at radius 1 is 0.929 bits per heavy atom. The summed E-state index contributed by atoms with van der Waals surface area (Å²) in [4.78, 5) is 42.9. The lowest BCUT2D eigenvalue weighted by Gasteiger charge is -2.18. The van der Waals surface area contributed by atoms with Crippen LogP contribution >= 0.6 is 11.6 Å². The minimum absolute atomic E-state index is 0.0517. The van der Waals surface area contributed by atoms with Gasteiger partial charge in [-0.15, -0.1) is 0 Å². The number of pyridine rings is 1. The molecule has 6 nitrogen and oxygen atoms in total. The second-order valence-corrected chi connectivity index (χ2v) is 6.58. The molecule has 3 amide bonds. The molecular weight excluding hydrogens is 378 g/mol. The quantitative estimate of drug-likeness (QED) is 0.686. The minimum atomic E-state index is -0.411. The topological polar surface area (TPSA) is 79.4 Å². The molecule has 0 atom stereocenters. The number of aromatic nitrogens is 1. The maximum atomic E-state index is 12.6. The molecule has 4 rings (SSSR count). The standard InChI is InChI=1S/C21H14ClN3O3/c22-16-8-5-10-17(24-19(26)18-9-3-4-11-23-18)15(16)12-25-20(27)13-6-1-2-7-14(13)21(25)28/h1-11H,12H2,(H,24,26). The predicted octanol–water partition coefficient (Wildman–Crippen LogP) is 3.78. The van der Waals surface area contributed by atoms with Gasteiger partial charge in [-0.25, -0.2) is 0 Å². The molecule has 1 aliphatic rings. The van der Waals surface area contributed by atoms with E-state index < -0.39 is 5.91 Å². The molecule has 138 valence electrons. The van der Waals surface area contributed by atoms with Crippen LogP contribution in [0.2, 0.25) is 5.02 Å². The van der Waals surface area contributed by atoms with Crippen LogP contribution in [0.15, 0.2) is 66.9 Å². The Balaban J connectivity index is 1.64. The highest BCUT2D eigenvalue weighted by atomic mass is 35.5. The van der Waals surface area contributed by atoms with Crippen LogP contribution in [0.3, 0.4) is 0 Å². The summed E-state index contributed by atoms with van der Waals surface area (Å²) in [7, 11) is 0. The third kappa shape index (κ3) is 3.14. The number of nitrogens with one attached hydrogen (secondary N) is 1. The van der Waals surface area contributed by atoms with Crippen molar-refractivity contribution in [3.8, 4) is 0 Å². The average Bonchev–Trinajstić information content (AvgIpc) is 2.96. The van der Waals surface area contributed by atoms with Gasteiger partial charge in [-0.1, -0.05) is 35.9 Å². The van der Waals surface area contributed by atoms with Crippen molar-refractivity contribution < 1.29 is 14.4 Å². The smallest absolute Gasteiger partial charge is 0.274 e. The molecule has 0 unspecified atom stereocenters. The van der Waals surface area contributed by atoms with Gasteiger partial charge in [0.2, 0.25) is 0 Å². The number of hydrogen-bond acceptors (Lipinski definition) is 4. The number of fused-ring (bicyclic) bond motifs is 1. The number of carbonyl (C=O) groups excluding carboxylic acids is 3. The SMILES string of the molecule is O=C(Nc1cccc(Cl)c1CN1C(=O)c2ccccc2C1=O)c1ccccn1. The van der Waals surface area contributed by atoms with E-state index in [0.717, 1.165) is 4.90 Å². The predicted molar refractivity (Wildman–Crippen MR) is 104 cm³/mol. The summed E-state index contributed by atoms with van der Waals surface area (Å²) in [6.45, 7) is -0.0517. The highest BCUT2D eigenvalue weighted by molar-refractivity contribution is 6.32. The Morgan fingerprint density at radius 2 is 1.61 bits per heavy atom. The number of halogens is 1. The number of carbonyl (C=O) groups is 3. The largest absolute Gasteiger partial charge is 0.320 e. The van der Waals surface area contributed by atoms with Gasteiger partial charge >= 0.3 is 0 Å². The normalized spacial score (nSPS) is 12.8. The first-order valence-electron chi connectivity index (χ1n) is 8.51. The maximum Gasteiger partial charge on any atom is 0.274 e. The minimum Gasteiger partial charge on any atom is -0.320 e. The Morgan fingerprint density at radius 3 is 2.25 bits per heavy atom. The Hall–Kier alpha value is -3.51. The summed E-state index contributed by atoms with van der Waals surface area (Å²) in [6.07, 6.45) is 1.52. The van der Waals surface area contributed by atoms with Gasteiger partial charge in [-0.3, -0.25) is 24.3 Å². The van der Waals surface area contributed by atoms with E-state index in [1.54, 1.807) is 60.7 Å². The van der Waals surface area contributed by atoms with Crippen LogP contribution in [-0.4, -0.2) is 27.6 Å². The van der Waals surface area contributed by atoms with Gasteiger partial charge in [-0.05, 0) is 36.4 Å². The number of rotatable bonds is 4. The molecule has 1 N–H and O–H groups in total. The lowest BCUT2D eigenvalue weighted by molar-refractivity contribution is 0.0642. The Kier molecular flexibility index (Phi) is 4.63. The van der Waals surface area contributed by atoms with Crippen molar-refractivity contribution in [1.29, 1.82) is 0 Å². The van der Waals surface area contributed by atoms with E-state index in [9.17, 15) is 14.4 Å². The average molecular weight is 392 g/mol. The first kappa shape index (κ1) is 17.9. The molecule has 0 saturated carbocycles. The van der Waals surface area contributed by atoms with E-state index in [2.05, 4.69) is 10.3 Å². The summed E-state index contributed by atoms with van der Waals surface area (Å²) in [5.41, 5.74) is 1.86. The molecule has 1 aliphatic heterocycles. The van der Waals surface area contributed by atoms with Crippen LogP contribution in [0.1, 0.15) is 36.8 Å². The molecular formula is C21H14ClN3O3. The molecule has 3 aromatic rings. The van der Waals surface area contributed by atoms with Gasteiger partial charge in [0.05, 0.1) is 17.7 Å². The molecule has 0 bridgehead atoms. The Bertz CT molecular complexity index is 1060. The Labute approximate surface area is 165 Å². The van der Waals surface area contributed by atoms with Gasteiger partial charge in [0.1, 0.15) is 5.69 Å². The van der Waals surface area contributed by atoms with E-state index in [0.29, 0.717) is 27.4 Å². The van der Waals surface area contributed by atoms with Gasteiger partial charge in [0, 0.05) is 22.5 Å². The monoisotopic (exact) mass is 391 g/mol. The van der Waals surface area contributed by atoms with Gasteiger partial charge in [0.15, 0.2) is 0 Å². The molecule has 0 saturated heterocycles. The zero-order valence-corrected chi connectivity index (χ0v) is 15.3. The van der Waals surface area contributed by atoms with Gasteiger partial charge < -0.3 is 5.32 Å². The van der Waals surface area contributed by atoms with E-state index in [1.165, 1.54) is 6.20 Å². The molecule has 0 aliphatic carbocycles. The fourth-order valence-electron chi connectivity index (χ4n) is 3.06. The fourth-order valence-corrected chi connectivity index (χ4v) is 3.30. The van der Waals surface area contributed by atoms with Crippen molar-refractivity contribution in [1.82, 2.24) is 9.88 Å². The van der Waals surface area contributed by atoms with Crippen LogP contribution < -0.4 is 5.32 Å². The van der Waals surface area contributed by atoms with E-state index in [4.69, 9.17) is 11.6 Å². The number of benzene rings is 2. The number of imide groups is 1. The first-order valence-corrected chi connectivity index (χ1v) is 8.89. The highest BCUT2D eigenvalue weighted by Crippen LogP contribution is 2.30. The highest BCUT2D eigenvalue weighted by Gasteiger charge is 2.35. The van der Waals surface area contributed by atoms with Crippen molar-refractivity contribution in [2.24, 2.45) is 0 Å². The van der Waals surface area contributed by atoms with Crippen LogP contribution in [-0.2, 0) is 6.54 Å². The lowest BCUT2D eigenvalue weighted by Crippen LogP contribution is -2.30. The third-order valence-electron chi connectivity index (χ3n) is 4.46. The molecule has 28 heavy (non-hydrogen) atoms. The van der Waals surface area contributed by atoms with E-state index >= 15 is 0 Å². The zero-order valence-electron chi connectivity index (χ0n) is 14.6. The molecule has 0 fully saturated rings. The molecule has 2 heterocycles. The summed E-state index contributed by atoms with van der Waals surface area (Å²) in [5, 5.41) is 3.10. The number of hydrogen-bond donors (Lipinski definition) is 1. The number of amides is 3. The molecule has 0 radical (unpaired) electrons. The van der Waals surface area contributed by atoms with E-state index in [-0.39, 0.29) is 24.1 Å². The maximum absolute atomic E-state index is 12.6. The third-order valence-corrected chi connectivity index (χ3v) is 4.81. The van der Waals surface area contributed by atoms with Crippen LogP contribution in [0, 0.1) is 0 Å². The van der Waals surface area contributed by atoms with Crippen molar-refractivity contribution in [2.45, 2.75) is 6.54 Å². The number of nitrogens with zero attached hydrogens (tertiary/aromatic N) is 2. The summed E-state index contributed by atoms with van der Waals surface area (Å²) in [5.74, 6) is -1.18. The molecule has 0 spiro atoms. The van der Waals surface area contributed by atoms with E-state index in [1.807, 2.05) is 0 Å². The van der Waals surface area contributed by atoms with Gasteiger partial charge in [-0.2, -0.15) is 0 Å². The molecule has 7 heteroatoms. The van der Waals surface area contributed by atoms with Crippen molar-refractivity contribution in [3.63, 3.8) is 0 Å². The molecule has 2 aromatic carbocycles. The second kappa shape index (κ2) is 7.25. The van der Waals surface area contributed by atoms with Crippen molar-refractivity contribution in [3.05, 3.63) is 94.3 Å². The zero-order chi connectivity index (χ0) is 19.7. The number of anilines is 1. The van der Waals surface area contributed by atoms with Crippen LogP contribution in [0.25, 0.3) is 0 Å². The molecule has 1 aromatic heterocycles. The fraction of sp³-hybridized carbons (Fsp3) is 0.0476. The first-order chi connectivity index (χ1) is 13.6. The van der Waals surface area contributed by atoms with Crippen LogP contribution in [0.5, 0.6) is 0 Å². The van der Waals surface area contributed by atoms with Crippen molar-refractivity contribution in [2.75, 3.05) is 5.32 Å². The summed E-state index contributed by atoms with van der Waals surface area (Å²) < 4.78 is 0.